The number of hydrogen-bond acceptors (Lipinski definition) is 4. The molecule has 0 amide bonds. The van der Waals surface area contributed by atoms with E-state index in [1.165, 1.54) is 0 Å². The Morgan fingerprint density at radius 1 is 1.04 bits per heavy atom. The summed E-state index contributed by atoms with van der Waals surface area (Å²) in [5.74, 6) is 1.68. The zero-order valence-electron chi connectivity index (χ0n) is 16.3. The van der Waals surface area contributed by atoms with Gasteiger partial charge in [0.1, 0.15) is 11.5 Å². The summed E-state index contributed by atoms with van der Waals surface area (Å²) in [6.07, 6.45) is 5.57. The van der Waals surface area contributed by atoms with Crippen LogP contribution >= 0.6 is 0 Å². The molecule has 0 atom stereocenters. The third kappa shape index (κ3) is 4.58. The molecule has 142 valence electrons. The molecule has 0 unspecified atom stereocenters. The average molecular weight is 365 g/mol. The van der Waals surface area contributed by atoms with Gasteiger partial charge in [-0.05, 0) is 62.2 Å². The minimum Gasteiger partial charge on any atom is -0.496 e. The van der Waals surface area contributed by atoms with Crippen molar-refractivity contribution in [2.24, 2.45) is 0 Å². The van der Waals surface area contributed by atoms with Crippen molar-refractivity contribution in [3.8, 4) is 11.5 Å². The molecule has 1 fully saturated rings. The largest absolute Gasteiger partial charge is 0.496 e. The van der Waals surface area contributed by atoms with Crippen LogP contribution in [0.2, 0.25) is 0 Å². The van der Waals surface area contributed by atoms with Crippen LogP contribution in [-0.4, -0.2) is 45.0 Å². The highest BCUT2D eigenvalue weighted by molar-refractivity contribution is 6.09. The topological polar surface area (TPSA) is 38.8 Å². The van der Waals surface area contributed by atoms with Crippen molar-refractivity contribution in [1.29, 1.82) is 0 Å². The van der Waals surface area contributed by atoms with Crippen molar-refractivity contribution < 1.29 is 14.3 Å². The number of methoxy groups -OCH3 is 2. The second-order valence-electron chi connectivity index (χ2n) is 6.98. The third-order valence-electron chi connectivity index (χ3n) is 5.20. The summed E-state index contributed by atoms with van der Waals surface area (Å²) in [6, 6.07) is 13.6. The molecule has 1 heterocycles. The second-order valence-corrected chi connectivity index (χ2v) is 6.98. The van der Waals surface area contributed by atoms with Gasteiger partial charge in [0.05, 0.1) is 19.8 Å². The minimum absolute atomic E-state index is 0.0625. The highest BCUT2D eigenvalue weighted by Gasteiger charge is 2.24. The first-order valence-corrected chi connectivity index (χ1v) is 9.34. The van der Waals surface area contributed by atoms with Crippen molar-refractivity contribution in [2.75, 3.05) is 34.4 Å². The molecule has 4 nitrogen and oxygen atoms in total. The van der Waals surface area contributed by atoms with E-state index in [1.54, 1.807) is 20.3 Å². The quantitative estimate of drug-likeness (QED) is 0.561. The van der Waals surface area contributed by atoms with Gasteiger partial charge in [0.15, 0.2) is 5.78 Å². The Hall–Kier alpha value is -2.59. The smallest absolute Gasteiger partial charge is 0.189 e. The number of ketones is 1. The van der Waals surface area contributed by atoms with Gasteiger partial charge in [0.2, 0.25) is 0 Å². The average Bonchev–Trinajstić information content (AvgIpc) is 2.72. The van der Waals surface area contributed by atoms with Gasteiger partial charge in [0, 0.05) is 6.07 Å². The molecule has 27 heavy (non-hydrogen) atoms. The molecule has 0 radical (unpaired) electrons. The zero-order valence-corrected chi connectivity index (χ0v) is 16.3. The van der Waals surface area contributed by atoms with E-state index in [0.29, 0.717) is 17.2 Å². The monoisotopic (exact) mass is 365 g/mol. The van der Waals surface area contributed by atoms with Crippen molar-refractivity contribution >= 4 is 11.9 Å². The van der Waals surface area contributed by atoms with E-state index in [0.717, 1.165) is 42.8 Å². The highest BCUT2D eigenvalue weighted by atomic mass is 16.5. The van der Waals surface area contributed by atoms with Gasteiger partial charge >= 0.3 is 0 Å². The molecule has 0 aliphatic carbocycles. The van der Waals surface area contributed by atoms with E-state index in [1.807, 2.05) is 48.5 Å². The number of likely N-dealkylation sites (tertiary alicyclic amines) is 1. The summed E-state index contributed by atoms with van der Waals surface area (Å²) in [5.41, 5.74) is 2.68. The van der Waals surface area contributed by atoms with Crippen LogP contribution in [0.15, 0.2) is 48.5 Å². The predicted molar refractivity (Wildman–Crippen MR) is 109 cm³/mol. The van der Waals surface area contributed by atoms with Crippen LogP contribution in [0.4, 0.5) is 0 Å². The van der Waals surface area contributed by atoms with Crippen molar-refractivity contribution in [2.45, 2.75) is 18.8 Å². The summed E-state index contributed by atoms with van der Waals surface area (Å²) in [6.45, 7) is 2.11. The standard InChI is InChI=1S/C23H27NO3/c1-24-13-11-18(12-14-24)19-15-20(23(27-3)16-22(19)26-2)21(25)10-9-17-7-5-4-6-8-17/h4-10,15-16,18H,11-14H2,1-3H3/b10-9+. The second kappa shape index (κ2) is 8.87. The Kier molecular flexibility index (Phi) is 6.30. The molecular formula is C23H27NO3. The zero-order chi connectivity index (χ0) is 19.2. The number of carbonyl (C=O) groups is 1. The fraction of sp³-hybridized carbons (Fsp3) is 0.348. The number of piperidine rings is 1. The van der Waals surface area contributed by atoms with E-state index < -0.39 is 0 Å². The molecule has 2 aromatic rings. The summed E-state index contributed by atoms with van der Waals surface area (Å²) in [7, 11) is 5.40. The highest BCUT2D eigenvalue weighted by Crippen LogP contribution is 2.38. The number of hydrogen-bond donors (Lipinski definition) is 0. The fourth-order valence-corrected chi connectivity index (χ4v) is 3.58. The number of nitrogens with zero attached hydrogens (tertiary/aromatic N) is 1. The number of allylic oxidation sites excluding steroid dienone is 1. The number of rotatable bonds is 6. The van der Waals surface area contributed by atoms with Gasteiger partial charge in [0.25, 0.3) is 0 Å². The van der Waals surface area contributed by atoms with E-state index in [2.05, 4.69) is 11.9 Å². The van der Waals surface area contributed by atoms with Crippen LogP contribution in [0.1, 0.15) is 40.2 Å². The first-order chi connectivity index (χ1) is 13.1. The molecule has 0 N–H and O–H groups in total. The Bertz CT molecular complexity index is 806. The van der Waals surface area contributed by atoms with Crippen LogP contribution in [0.25, 0.3) is 6.08 Å². The van der Waals surface area contributed by atoms with E-state index in [4.69, 9.17) is 9.47 Å². The number of benzene rings is 2. The molecular weight excluding hydrogens is 338 g/mol. The number of ether oxygens (including phenoxy) is 2. The Labute approximate surface area is 161 Å². The van der Waals surface area contributed by atoms with Crippen molar-refractivity contribution in [3.63, 3.8) is 0 Å². The summed E-state index contributed by atoms with van der Waals surface area (Å²) in [5, 5.41) is 0. The van der Waals surface area contributed by atoms with Gasteiger partial charge in [-0.2, -0.15) is 0 Å². The minimum atomic E-state index is -0.0625. The van der Waals surface area contributed by atoms with Crippen molar-refractivity contribution in [3.05, 3.63) is 65.2 Å². The molecule has 1 aliphatic heterocycles. The lowest BCUT2D eigenvalue weighted by Crippen LogP contribution is -2.29. The van der Waals surface area contributed by atoms with E-state index >= 15 is 0 Å². The number of carbonyl (C=O) groups excluding carboxylic acids is 1. The normalized spacial score (nSPS) is 15.8. The third-order valence-corrected chi connectivity index (χ3v) is 5.20. The van der Waals surface area contributed by atoms with Gasteiger partial charge in [-0.25, -0.2) is 0 Å². The van der Waals surface area contributed by atoms with E-state index in [-0.39, 0.29) is 5.78 Å². The maximum Gasteiger partial charge on any atom is 0.189 e. The fourth-order valence-electron chi connectivity index (χ4n) is 3.58. The lowest BCUT2D eigenvalue weighted by Gasteiger charge is -2.30. The molecule has 2 aromatic carbocycles. The molecule has 4 heteroatoms. The maximum atomic E-state index is 12.9. The van der Waals surface area contributed by atoms with Crippen LogP contribution in [0, 0.1) is 0 Å². The van der Waals surface area contributed by atoms with Crippen LogP contribution in [-0.2, 0) is 0 Å². The lowest BCUT2D eigenvalue weighted by molar-refractivity contribution is 0.104. The van der Waals surface area contributed by atoms with Crippen LogP contribution < -0.4 is 9.47 Å². The molecule has 3 rings (SSSR count). The summed E-state index contributed by atoms with van der Waals surface area (Å²) in [4.78, 5) is 15.2. The van der Waals surface area contributed by atoms with E-state index in [9.17, 15) is 4.79 Å². The Morgan fingerprint density at radius 2 is 1.70 bits per heavy atom. The SMILES string of the molecule is COc1cc(OC)c(C2CCN(C)CC2)cc1C(=O)/C=C/c1ccccc1. The van der Waals surface area contributed by atoms with Gasteiger partial charge in [-0.3, -0.25) is 4.79 Å². The van der Waals surface area contributed by atoms with Gasteiger partial charge < -0.3 is 14.4 Å². The molecule has 0 aromatic heterocycles. The first-order valence-electron chi connectivity index (χ1n) is 9.34. The van der Waals surface area contributed by atoms with Crippen molar-refractivity contribution in [1.82, 2.24) is 4.90 Å². The Balaban J connectivity index is 1.92. The molecule has 0 spiro atoms. The summed E-state index contributed by atoms with van der Waals surface area (Å²) < 4.78 is 11.1. The van der Waals surface area contributed by atoms with Crippen LogP contribution in [0.5, 0.6) is 11.5 Å². The molecule has 1 aliphatic rings. The first kappa shape index (κ1) is 19.2. The maximum absolute atomic E-state index is 12.9. The van der Waals surface area contributed by atoms with Crippen LogP contribution in [0.3, 0.4) is 0 Å². The Morgan fingerprint density at radius 3 is 2.33 bits per heavy atom. The summed E-state index contributed by atoms with van der Waals surface area (Å²) >= 11 is 0. The molecule has 0 saturated carbocycles. The molecule has 0 bridgehead atoms. The molecule has 1 saturated heterocycles. The van der Waals surface area contributed by atoms with Gasteiger partial charge in [-0.1, -0.05) is 36.4 Å². The predicted octanol–water partition coefficient (Wildman–Crippen LogP) is 4.41. The van der Waals surface area contributed by atoms with Gasteiger partial charge in [-0.15, -0.1) is 0 Å². The lowest BCUT2D eigenvalue weighted by atomic mass is 9.87.